The predicted octanol–water partition coefficient (Wildman–Crippen LogP) is 3.46. The van der Waals surface area contributed by atoms with Gasteiger partial charge in [0.1, 0.15) is 24.7 Å². The van der Waals surface area contributed by atoms with E-state index in [-0.39, 0.29) is 34.8 Å². The van der Waals surface area contributed by atoms with Crippen molar-refractivity contribution in [2.45, 2.75) is 59.3 Å². The van der Waals surface area contributed by atoms with Gasteiger partial charge in [-0.25, -0.2) is 9.18 Å². The zero-order chi connectivity index (χ0) is 26.4. The molecule has 0 spiro atoms. The molecule has 6 nitrogen and oxygen atoms in total. The first-order chi connectivity index (χ1) is 17.3. The molecule has 0 fully saturated rings. The molecule has 0 aliphatic rings. The largest absolute Gasteiger partial charge is 1.00 e. The highest BCUT2D eigenvalue weighted by molar-refractivity contribution is 6.06. The maximum Gasteiger partial charge on any atom is 0.341 e. The van der Waals surface area contributed by atoms with E-state index >= 15 is 0 Å². The Balaban J connectivity index is 0.00000684. The monoisotopic (exact) mass is 580 g/mol. The summed E-state index contributed by atoms with van der Waals surface area (Å²) >= 11 is 0. The van der Waals surface area contributed by atoms with E-state index in [0.29, 0.717) is 24.5 Å². The van der Waals surface area contributed by atoms with Crippen LogP contribution in [0.15, 0.2) is 42.5 Å². The van der Waals surface area contributed by atoms with Crippen molar-refractivity contribution >= 4 is 17.6 Å². The number of likely N-dealkylation sites (N-methyl/N-ethyl adjacent to an activating group) is 1. The molecule has 0 aliphatic carbocycles. The number of anilines is 1. The molecular formula is C29H42BrFN2O4. The highest BCUT2D eigenvalue weighted by atomic mass is 79.9. The number of esters is 1. The van der Waals surface area contributed by atoms with Gasteiger partial charge in [0, 0.05) is 5.69 Å². The number of halogens is 2. The Morgan fingerprint density at radius 1 is 0.892 bits per heavy atom. The lowest BCUT2D eigenvalue weighted by atomic mass is 10.1. The molecule has 2 aromatic rings. The third-order valence-corrected chi connectivity index (χ3v) is 6.73. The fraction of sp³-hybridized carbons (Fsp3) is 0.517. The molecule has 0 heterocycles. The van der Waals surface area contributed by atoms with Crippen LogP contribution in [-0.2, 0) is 4.74 Å². The third-order valence-electron chi connectivity index (χ3n) is 6.73. The van der Waals surface area contributed by atoms with E-state index in [1.165, 1.54) is 37.8 Å². The number of para-hydroxylation sites is 1. The number of rotatable bonds is 16. The number of carbonyl (C=O) groups excluding carboxylic acids is 2. The first-order valence-electron chi connectivity index (χ1n) is 13.2. The second-order valence-corrected chi connectivity index (χ2v) is 9.37. The Bertz CT molecular complexity index is 982. The van der Waals surface area contributed by atoms with Crippen molar-refractivity contribution in [1.82, 2.24) is 0 Å². The van der Waals surface area contributed by atoms with Crippen molar-refractivity contribution in [3.05, 3.63) is 59.4 Å². The van der Waals surface area contributed by atoms with Gasteiger partial charge < -0.3 is 36.3 Å². The van der Waals surface area contributed by atoms with E-state index in [4.69, 9.17) is 9.47 Å². The molecule has 8 heteroatoms. The van der Waals surface area contributed by atoms with Gasteiger partial charge in [-0.1, -0.05) is 51.2 Å². The van der Waals surface area contributed by atoms with Crippen LogP contribution in [0, 0.1) is 5.82 Å². The molecule has 0 aromatic heterocycles. The smallest absolute Gasteiger partial charge is 0.341 e. The lowest BCUT2D eigenvalue weighted by Gasteiger charge is -2.31. The van der Waals surface area contributed by atoms with E-state index in [9.17, 15) is 14.0 Å². The summed E-state index contributed by atoms with van der Waals surface area (Å²) in [6, 6.07) is 11.0. The van der Waals surface area contributed by atoms with Gasteiger partial charge in [-0.15, -0.1) is 0 Å². The molecular weight excluding hydrogens is 539 g/mol. The molecule has 0 aliphatic heterocycles. The summed E-state index contributed by atoms with van der Waals surface area (Å²) in [7, 11) is 2.09. The first-order valence-corrected chi connectivity index (χ1v) is 13.2. The van der Waals surface area contributed by atoms with E-state index in [1.54, 1.807) is 18.2 Å². The Labute approximate surface area is 231 Å². The molecule has 2 rings (SSSR count). The van der Waals surface area contributed by atoms with Gasteiger partial charge in [-0.05, 0) is 50.6 Å². The van der Waals surface area contributed by atoms with E-state index in [0.717, 1.165) is 36.5 Å². The van der Waals surface area contributed by atoms with Crippen molar-refractivity contribution in [2.75, 3.05) is 45.2 Å². The van der Waals surface area contributed by atoms with Gasteiger partial charge in [0.25, 0.3) is 5.91 Å². The fourth-order valence-corrected chi connectivity index (χ4v) is 3.78. The standard InChI is InChI=1S/C29H41FN2O4.BrH/c1-5-8-9-10-11-14-20-35-27-16-13-12-15-25(27)28(33)31-23-17-18-24(26(30)22-23)29(34)36-21-19-32(4,6-2)7-3;/h12-13,15-18,22H,5-11,14,19-21H2,1-4H3;1H. The van der Waals surface area contributed by atoms with Crippen LogP contribution in [-0.4, -0.2) is 56.3 Å². The molecule has 0 radical (unpaired) electrons. The Morgan fingerprint density at radius 3 is 2.24 bits per heavy atom. The molecule has 0 saturated carbocycles. The minimum absolute atomic E-state index is 0. The summed E-state index contributed by atoms with van der Waals surface area (Å²) in [5.41, 5.74) is 0.472. The number of hydrogen-bond acceptors (Lipinski definition) is 4. The first kappa shape index (κ1) is 32.6. The van der Waals surface area contributed by atoms with Crippen LogP contribution >= 0.6 is 0 Å². The Morgan fingerprint density at radius 2 is 1.57 bits per heavy atom. The fourth-order valence-electron chi connectivity index (χ4n) is 3.78. The Hall–Kier alpha value is -2.45. The van der Waals surface area contributed by atoms with Crippen LogP contribution in [0.25, 0.3) is 0 Å². The average molecular weight is 582 g/mol. The maximum absolute atomic E-state index is 14.7. The van der Waals surface area contributed by atoms with E-state index in [1.807, 2.05) is 6.07 Å². The highest BCUT2D eigenvalue weighted by Crippen LogP contribution is 2.22. The van der Waals surface area contributed by atoms with Crippen LogP contribution in [0.4, 0.5) is 10.1 Å². The quantitative estimate of drug-likeness (QED) is 0.188. The molecule has 0 bridgehead atoms. The van der Waals surface area contributed by atoms with Crippen LogP contribution in [0.3, 0.4) is 0 Å². The Kier molecular flexibility index (Phi) is 15.1. The second kappa shape index (κ2) is 17.1. The second-order valence-electron chi connectivity index (χ2n) is 9.37. The van der Waals surface area contributed by atoms with Crippen molar-refractivity contribution in [2.24, 2.45) is 0 Å². The zero-order valence-corrected chi connectivity index (χ0v) is 24.2. The van der Waals surface area contributed by atoms with E-state index in [2.05, 4.69) is 33.1 Å². The van der Waals surface area contributed by atoms with Crippen LogP contribution in [0.2, 0.25) is 0 Å². The molecule has 0 atom stereocenters. The number of hydrogen-bond donors (Lipinski definition) is 1. The number of ether oxygens (including phenoxy) is 2. The predicted molar refractivity (Wildman–Crippen MR) is 142 cm³/mol. The van der Waals surface area contributed by atoms with Gasteiger partial charge in [0.2, 0.25) is 0 Å². The molecule has 1 amide bonds. The minimum Gasteiger partial charge on any atom is -1.00 e. The van der Waals surface area contributed by atoms with Gasteiger partial charge in [-0.3, -0.25) is 4.79 Å². The number of carbonyl (C=O) groups is 2. The lowest BCUT2D eigenvalue weighted by molar-refractivity contribution is -0.906. The van der Waals surface area contributed by atoms with Crippen molar-refractivity contribution < 1.29 is 44.9 Å². The third kappa shape index (κ3) is 10.8. The van der Waals surface area contributed by atoms with E-state index < -0.39 is 17.7 Å². The molecule has 37 heavy (non-hydrogen) atoms. The van der Waals surface area contributed by atoms with Crippen molar-refractivity contribution in [3.8, 4) is 5.75 Å². The highest BCUT2D eigenvalue weighted by Gasteiger charge is 2.20. The van der Waals surface area contributed by atoms with Gasteiger partial charge in [0.15, 0.2) is 0 Å². The molecule has 206 valence electrons. The van der Waals surface area contributed by atoms with Crippen LogP contribution in [0.5, 0.6) is 5.75 Å². The number of quaternary nitrogens is 1. The number of unbranched alkanes of at least 4 members (excludes halogenated alkanes) is 5. The molecule has 2 aromatic carbocycles. The normalized spacial score (nSPS) is 10.9. The summed E-state index contributed by atoms with van der Waals surface area (Å²) in [6.45, 7) is 9.61. The number of nitrogens with one attached hydrogen (secondary N) is 1. The number of nitrogens with zero attached hydrogens (tertiary/aromatic N) is 1. The summed E-state index contributed by atoms with van der Waals surface area (Å²) in [5.74, 6) is -1.36. The van der Waals surface area contributed by atoms with Gasteiger partial charge in [0.05, 0.1) is 37.9 Å². The summed E-state index contributed by atoms with van der Waals surface area (Å²) in [4.78, 5) is 25.2. The SMILES string of the molecule is CCCCCCCCOc1ccccc1C(=O)Nc1ccc(C(=O)OCC[N+](C)(CC)CC)c(F)c1.[Br-]. The number of benzene rings is 2. The van der Waals surface area contributed by atoms with Crippen molar-refractivity contribution in [1.29, 1.82) is 0 Å². The molecule has 0 saturated heterocycles. The molecule has 0 unspecified atom stereocenters. The number of amides is 1. The van der Waals surface area contributed by atoms with Crippen LogP contribution in [0.1, 0.15) is 80.0 Å². The lowest BCUT2D eigenvalue weighted by Crippen LogP contribution is -3.00. The summed E-state index contributed by atoms with van der Waals surface area (Å²) in [5, 5.41) is 2.70. The summed E-state index contributed by atoms with van der Waals surface area (Å²) in [6.07, 6.45) is 6.91. The van der Waals surface area contributed by atoms with Crippen LogP contribution < -0.4 is 27.0 Å². The summed E-state index contributed by atoms with van der Waals surface area (Å²) < 4.78 is 26.6. The minimum atomic E-state index is -0.742. The molecule has 1 N–H and O–H groups in total. The van der Waals surface area contributed by atoms with Crippen molar-refractivity contribution in [3.63, 3.8) is 0 Å². The van der Waals surface area contributed by atoms with Gasteiger partial charge in [-0.2, -0.15) is 0 Å². The van der Waals surface area contributed by atoms with Gasteiger partial charge >= 0.3 is 5.97 Å². The topological polar surface area (TPSA) is 64.6 Å². The maximum atomic E-state index is 14.7. The average Bonchev–Trinajstić information content (AvgIpc) is 2.88. The zero-order valence-electron chi connectivity index (χ0n) is 22.7.